The number of aliphatic hydroxyl groups excluding tert-OH is 1. The zero-order valence-electron chi connectivity index (χ0n) is 13.1. The van der Waals surface area contributed by atoms with Crippen molar-refractivity contribution in [2.75, 3.05) is 6.54 Å². The van der Waals surface area contributed by atoms with Gasteiger partial charge in [0.15, 0.2) is 0 Å². The van der Waals surface area contributed by atoms with Crippen LogP contribution in [0.5, 0.6) is 0 Å². The smallest absolute Gasteiger partial charge is 0.227 e. The second-order valence-electron chi connectivity index (χ2n) is 5.71. The first-order valence-electron chi connectivity index (χ1n) is 7.65. The fraction of sp³-hybridized carbons (Fsp3) is 0.316. The van der Waals surface area contributed by atoms with E-state index in [1.54, 1.807) is 0 Å². The van der Waals surface area contributed by atoms with Crippen molar-refractivity contribution in [3.05, 3.63) is 71.8 Å². The summed E-state index contributed by atoms with van der Waals surface area (Å²) in [5.41, 5.74) is 1.87. The minimum absolute atomic E-state index is 0.0155. The molecule has 2 N–H and O–H groups in total. The van der Waals surface area contributed by atoms with E-state index in [4.69, 9.17) is 0 Å². The van der Waals surface area contributed by atoms with Crippen LogP contribution in [0.25, 0.3) is 0 Å². The maximum absolute atomic E-state index is 12.2. The lowest BCUT2D eigenvalue weighted by atomic mass is 9.96. The second-order valence-corrected chi connectivity index (χ2v) is 5.71. The molecule has 0 aliphatic heterocycles. The van der Waals surface area contributed by atoms with Crippen LogP contribution in [0.1, 0.15) is 37.0 Å². The molecule has 0 spiro atoms. The first-order chi connectivity index (χ1) is 10.6. The summed E-state index contributed by atoms with van der Waals surface area (Å²) in [6.07, 6.45) is -0.575. The molecule has 3 atom stereocenters. The minimum Gasteiger partial charge on any atom is -0.388 e. The fourth-order valence-corrected chi connectivity index (χ4v) is 2.40. The molecule has 2 aromatic rings. The van der Waals surface area contributed by atoms with E-state index in [0.717, 1.165) is 11.1 Å². The first-order valence-corrected chi connectivity index (χ1v) is 7.65. The molecule has 0 fully saturated rings. The van der Waals surface area contributed by atoms with E-state index in [1.165, 1.54) is 0 Å². The number of carbonyl (C=O) groups is 1. The van der Waals surface area contributed by atoms with Gasteiger partial charge in [0.05, 0.1) is 12.0 Å². The van der Waals surface area contributed by atoms with Gasteiger partial charge >= 0.3 is 0 Å². The van der Waals surface area contributed by atoms with Crippen molar-refractivity contribution in [2.24, 2.45) is 5.92 Å². The number of carbonyl (C=O) groups excluding carboxylic acids is 1. The topological polar surface area (TPSA) is 49.3 Å². The third kappa shape index (κ3) is 4.18. The van der Waals surface area contributed by atoms with Crippen molar-refractivity contribution in [1.29, 1.82) is 0 Å². The largest absolute Gasteiger partial charge is 0.388 e. The molecule has 0 aliphatic carbocycles. The highest BCUT2D eigenvalue weighted by molar-refractivity contribution is 5.83. The summed E-state index contributed by atoms with van der Waals surface area (Å²) in [4.78, 5) is 12.2. The van der Waals surface area contributed by atoms with Gasteiger partial charge in [0, 0.05) is 12.5 Å². The van der Waals surface area contributed by atoms with Crippen LogP contribution < -0.4 is 5.32 Å². The molecule has 1 amide bonds. The lowest BCUT2D eigenvalue weighted by Crippen LogP contribution is -2.33. The molecule has 0 saturated heterocycles. The summed E-state index contributed by atoms with van der Waals surface area (Å²) in [7, 11) is 0. The number of benzene rings is 2. The standard InChI is InChI=1S/C19H23NO2/c1-14(18(21)17-11-7-4-8-12-17)13-20-19(22)15(2)16-9-5-3-6-10-16/h3-12,14-15,18,21H,13H2,1-2H3,(H,20,22). The molecule has 0 saturated carbocycles. The zero-order valence-corrected chi connectivity index (χ0v) is 13.1. The Labute approximate surface area is 132 Å². The molecule has 0 heterocycles. The summed E-state index contributed by atoms with van der Waals surface area (Å²) in [5, 5.41) is 13.2. The molecule has 0 aromatic heterocycles. The van der Waals surface area contributed by atoms with Crippen LogP contribution in [0, 0.1) is 5.92 Å². The van der Waals surface area contributed by atoms with E-state index in [-0.39, 0.29) is 17.7 Å². The van der Waals surface area contributed by atoms with Crippen LogP contribution in [0.3, 0.4) is 0 Å². The van der Waals surface area contributed by atoms with Gasteiger partial charge in [0.2, 0.25) is 5.91 Å². The number of hydrogen-bond donors (Lipinski definition) is 2. The molecular formula is C19H23NO2. The lowest BCUT2D eigenvalue weighted by Gasteiger charge is -2.21. The Bertz CT molecular complexity index is 583. The second kappa shape index (κ2) is 7.76. The molecule has 0 aliphatic rings. The van der Waals surface area contributed by atoms with Crippen LogP contribution in [-0.2, 0) is 4.79 Å². The molecule has 2 rings (SSSR count). The van der Waals surface area contributed by atoms with Crippen molar-refractivity contribution in [2.45, 2.75) is 25.9 Å². The Morgan fingerprint density at radius 1 is 0.955 bits per heavy atom. The molecular weight excluding hydrogens is 274 g/mol. The van der Waals surface area contributed by atoms with Gasteiger partial charge in [0.25, 0.3) is 0 Å². The van der Waals surface area contributed by atoms with Gasteiger partial charge in [0.1, 0.15) is 0 Å². The number of hydrogen-bond acceptors (Lipinski definition) is 2. The third-order valence-electron chi connectivity index (χ3n) is 3.97. The SMILES string of the molecule is CC(C(=O)NCC(C)C(O)c1ccccc1)c1ccccc1. The summed E-state index contributed by atoms with van der Waals surface area (Å²) in [6.45, 7) is 4.28. The van der Waals surface area contributed by atoms with Crippen LogP contribution >= 0.6 is 0 Å². The molecule has 3 heteroatoms. The van der Waals surface area contributed by atoms with E-state index in [1.807, 2.05) is 74.5 Å². The Morgan fingerprint density at radius 2 is 1.45 bits per heavy atom. The van der Waals surface area contributed by atoms with Gasteiger partial charge < -0.3 is 10.4 Å². The highest BCUT2D eigenvalue weighted by atomic mass is 16.3. The van der Waals surface area contributed by atoms with Crippen molar-refractivity contribution in [1.82, 2.24) is 5.32 Å². The Balaban J connectivity index is 1.88. The van der Waals surface area contributed by atoms with Crippen molar-refractivity contribution in [3.8, 4) is 0 Å². The predicted molar refractivity (Wildman–Crippen MR) is 88.4 cm³/mol. The molecule has 3 nitrogen and oxygen atoms in total. The average molecular weight is 297 g/mol. The normalized spacial score (nSPS) is 14.9. The number of amides is 1. The van der Waals surface area contributed by atoms with Gasteiger partial charge in [-0.05, 0) is 18.1 Å². The van der Waals surface area contributed by atoms with Gasteiger partial charge in [-0.25, -0.2) is 0 Å². The van der Waals surface area contributed by atoms with Crippen molar-refractivity contribution >= 4 is 5.91 Å². The summed E-state index contributed by atoms with van der Waals surface area (Å²) >= 11 is 0. The van der Waals surface area contributed by atoms with E-state index < -0.39 is 6.10 Å². The third-order valence-corrected chi connectivity index (χ3v) is 3.97. The summed E-state index contributed by atoms with van der Waals surface area (Å²) in [6, 6.07) is 19.2. The van der Waals surface area contributed by atoms with E-state index in [2.05, 4.69) is 5.32 Å². The maximum atomic E-state index is 12.2. The lowest BCUT2D eigenvalue weighted by molar-refractivity contribution is -0.122. The number of aliphatic hydroxyl groups is 1. The van der Waals surface area contributed by atoms with E-state index in [0.29, 0.717) is 6.54 Å². The highest BCUT2D eigenvalue weighted by Crippen LogP contribution is 2.21. The van der Waals surface area contributed by atoms with Crippen LogP contribution in [0.4, 0.5) is 0 Å². The first kappa shape index (κ1) is 16.2. The molecule has 116 valence electrons. The van der Waals surface area contributed by atoms with Gasteiger partial charge in [-0.15, -0.1) is 0 Å². The Hall–Kier alpha value is -2.13. The molecule has 0 radical (unpaired) electrons. The van der Waals surface area contributed by atoms with Crippen LogP contribution in [0.2, 0.25) is 0 Å². The fourth-order valence-electron chi connectivity index (χ4n) is 2.40. The number of nitrogens with one attached hydrogen (secondary N) is 1. The van der Waals surface area contributed by atoms with Crippen LogP contribution in [0.15, 0.2) is 60.7 Å². The maximum Gasteiger partial charge on any atom is 0.227 e. The zero-order chi connectivity index (χ0) is 15.9. The predicted octanol–water partition coefficient (Wildman–Crippen LogP) is 3.28. The highest BCUT2D eigenvalue weighted by Gasteiger charge is 2.19. The summed E-state index contributed by atoms with van der Waals surface area (Å²) in [5.74, 6) is -0.255. The van der Waals surface area contributed by atoms with Crippen molar-refractivity contribution in [3.63, 3.8) is 0 Å². The Morgan fingerprint density at radius 3 is 2.00 bits per heavy atom. The van der Waals surface area contributed by atoms with Crippen LogP contribution in [-0.4, -0.2) is 17.6 Å². The van der Waals surface area contributed by atoms with Crippen molar-refractivity contribution < 1.29 is 9.90 Å². The van der Waals surface area contributed by atoms with E-state index >= 15 is 0 Å². The van der Waals surface area contributed by atoms with Gasteiger partial charge in [-0.1, -0.05) is 67.6 Å². The average Bonchev–Trinajstić information content (AvgIpc) is 2.59. The van der Waals surface area contributed by atoms with E-state index in [9.17, 15) is 9.90 Å². The molecule has 22 heavy (non-hydrogen) atoms. The Kier molecular flexibility index (Phi) is 5.73. The molecule has 3 unspecified atom stereocenters. The minimum atomic E-state index is -0.575. The van der Waals surface area contributed by atoms with Gasteiger partial charge in [-0.3, -0.25) is 4.79 Å². The monoisotopic (exact) mass is 297 g/mol. The summed E-state index contributed by atoms with van der Waals surface area (Å²) < 4.78 is 0. The van der Waals surface area contributed by atoms with Gasteiger partial charge in [-0.2, -0.15) is 0 Å². The molecule has 0 bridgehead atoms. The molecule has 2 aromatic carbocycles. The quantitative estimate of drug-likeness (QED) is 0.859. The number of rotatable bonds is 6.